The van der Waals surface area contributed by atoms with Gasteiger partial charge in [0.2, 0.25) is 0 Å². The monoisotopic (exact) mass is 308 g/mol. The summed E-state index contributed by atoms with van der Waals surface area (Å²) in [6, 6.07) is 22.1. The third-order valence-electron chi connectivity index (χ3n) is 4.99. The highest BCUT2D eigenvalue weighted by Gasteiger charge is 2.33. The fourth-order valence-corrected chi connectivity index (χ4v) is 3.84. The zero-order valence-electron chi connectivity index (χ0n) is 13.5. The molecular formula is C20H24N2O. The van der Waals surface area contributed by atoms with Gasteiger partial charge >= 0.3 is 0 Å². The van der Waals surface area contributed by atoms with Gasteiger partial charge in [0.15, 0.2) is 0 Å². The van der Waals surface area contributed by atoms with Gasteiger partial charge in [0.05, 0.1) is 12.7 Å². The predicted molar refractivity (Wildman–Crippen MR) is 91.8 cm³/mol. The number of rotatable bonds is 3. The van der Waals surface area contributed by atoms with Gasteiger partial charge in [0, 0.05) is 25.7 Å². The van der Waals surface area contributed by atoms with Crippen LogP contribution in [0.5, 0.6) is 0 Å². The molecule has 2 saturated heterocycles. The molecule has 2 atom stereocenters. The summed E-state index contributed by atoms with van der Waals surface area (Å²) < 4.78 is 6.03. The number of ether oxygens (including phenoxy) is 1. The molecule has 0 N–H and O–H groups in total. The van der Waals surface area contributed by atoms with Gasteiger partial charge in [-0.3, -0.25) is 0 Å². The van der Waals surface area contributed by atoms with E-state index in [9.17, 15) is 0 Å². The Morgan fingerprint density at radius 3 is 2.26 bits per heavy atom. The first-order valence-electron chi connectivity index (χ1n) is 8.65. The third-order valence-corrected chi connectivity index (χ3v) is 4.99. The highest BCUT2D eigenvalue weighted by atomic mass is 16.5. The summed E-state index contributed by atoms with van der Waals surface area (Å²) in [6.45, 7) is 3.90. The predicted octanol–water partition coefficient (Wildman–Crippen LogP) is 3.81. The van der Waals surface area contributed by atoms with Crippen LogP contribution in [0.4, 0.5) is 0 Å². The van der Waals surface area contributed by atoms with Crippen molar-refractivity contribution in [3.05, 3.63) is 71.8 Å². The van der Waals surface area contributed by atoms with E-state index in [1.165, 1.54) is 24.0 Å². The molecule has 0 spiro atoms. The minimum Gasteiger partial charge on any atom is -0.371 e. The Balaban J connectivity index is 1.51. The average Bonchev–Trinajstić information content (AvgIpc) is 3.13. The maximum absolute atomic E-state index is 6.03. The zero-order valence-corrected chi connectivity index (χ0v) is 13.5. The molecule has 23 heavy (non-hydrogen) atoms. The van der Waals surface area contributed by atoms with Crippen LogP contribution in [0.3, 0.4) is 0 Å². The average molecular weight is 308 g/mol. The van der Waals surface area contributed by atoms with Gasteiger partial charge in [0.25, 0.3) is 0 Å². The Morgan fingerprint density at radius 1 is 0.826 bits per heavy atom. The van der Waals surface area contributed by atoms with Crippen molar-refractivity contribution in [2.24, 2.45) is 0 Å². The SMILES string of the molecule is c1ccc(C2CN(N3CCC[C@H]3c3ccccc3)CCO2)cc1. The maximum Gasteiger partial charge on any atom is 0.0966 e. The van der Waals surface area contributed by atoms with Crippen LogP contribution in [0.2, 0.25) is 0 Å². The van der Waals surface area contributed by atoms with Crippen LogP contribution in [0.15, 0.2) is 60.7 Å². The molecule has 0 bridgehead atoms. The second kappa shape index (κ2) is 6.83. The summed E-state index contributed by atoms with van der Waals surface area (Å²) in [4.78, 5) is 0. The molecule has 1 unspecified atom stereocenters. The summed E-state index contributed by atoms with van der Waals surface area (Å²) in [5.41, 5.74) is 2.72. The van der Waals surface area contributed by atoms with Crippen molar-refractivity contribution in [2.45, 2.75) is 25.0 Å². The summed E-state index contributed by atoms with van der Waals surface area (Å²) in [6.07, 6.45) is 2.70. The molecule has 0 aromatic heterocycles. The number of hydrogen-bond acceptors (Lipinski definition) is 3. The molecular weight excluding hydrogens is 284 g/mol. The molecule has 2 heterocycles. The molecule has 2 aromatic carbocycles. The molecule has 4 rings (SSSR count). The Labute approximate surface area is 138 Å². The first kappa shape index (κ1) is 14.9. The van der Waals surface area contributed by atoms with Crippen LogP contribution in [-0.4, -0.2) is 36.3 Å². The van der Waals surface area contributed by atoms with Gasteiger partial charge < -0.3 is 4.74 Å². The second-order valence-corrected chi connectivity index (χ2v) is 6.41. The number of hydrogen-bond donors (Lipinski definition) is 0. The van der Waals surface area contributed by atoms with Crippen molar-refractivity contribution in [3.63, 3.8) is 0 Å². The number of hydrazine groups is 1. The molecule has 0 amide bonds. The number of morpholine rings is 1. The second-order valence-electron chi connectivity index (χ2n) is 6.41. The van der Waals surface area contributed by atoms with E-state index in [0.29, 0.717) is 6.04 Å². The Kier molecular flexibility index (Phi) is 4.42. The van der Waals surface area contributed by atoms with Crippen LogP contribution in [0, 0.1) is 0 Å². The van der Waals surface area contributed by atoms with Crippen LogP contribution >= 0.6 is 0 Å². The topological polar surface area (TPSA) is 15.7 Å². The molecule has 0 aliphatic carbocycles. The van der Waals surface area contributed by atoms with Gasteiger partial charge in [0.1, 0.15) is 0 Å². The first-order valence-corrected chi connectivity index (χ1v) is 8.65. The van der Waals surface area contributed by atoms with E-state index in [2.05, 4.69) is 70.7 Å². The normalized spacial score (nSPS) is 26.4. The highest BCUT2D eigenvalue weighted by Crippen LogP contribution is 2.35. The summed E-state index contributed by atoms with van der Waals surface area (Å²) in [7, 11) is 0. The standard InChI is InChI=1S/C20H24N2O/c1-3-8-17(9-4-1)19-12-7-13-22(19)21-14-15-23-20(16-21)18-10-5-2-6-11-18/h1-6,8-11,19-20H,7,12-16H2/t19-,20?/m0/s1. The van der Waals surface area contributed by atoms with E-state index in [4.69, 9.17) is 4.74 Å². The fourth-order valence-electron chi connectivity index (χ4n) is 3.84. The van der Waals surface area contributed by atoms with Crippen molar-refractivity contribution >= 4 is 0 Å². The molecule has 3 nitrogen and oxygen atoms in total. The summed E-state index contributed by atoms with van der Waals surface area (Å²) in [5.74, 6) is 0. The lowest BCUT2D eigenvalue weighted by atomic mass is 10.1. The fraction of sp³-hybridized carbons (Fsp3) is 0.400. The molecule has 0 saturated carbocycles. The van der Waals surface area contributed by atoms with Crippen LogP contribution < -0.4 is 0 Å². The largest absolute Gasteiger partial charge is 0.371 e. The van der Waals surface area contributed by atoms with E-state index in [-0.39, 0.29) is 6.10 Å². The Morgan fingerprint density at radius 2 is 1.52 bits per heavy atom. The smallest absolute Gasteiger partial charge is 0.0966 e. The van der Waals surface area contributed by atoms with Crippen LogP contribution in [0.25, 0.3) is 0 Å². The molecule has 2 aliphatic heterocycles. The first-order chi connectivity index (χ1) is 11.4. The summed E-state index contributed by atoms with van der Waals surface area (Å²) in [5, 5.41) is 5.10. The number of benzene rings is 2. The quantitative estimate of drug-likeness (QED) is 0.857. The summed E-state index contributed by atoms with van der Waals surface area (Å²) >= 11 is 0. The van der Waals surface area contributed by atoms with Gasteiger partial charge in [-0.2, -0.15) is 0 Å². The highest BCUT2D eigenvalue weighted by molar-refractivity contribution is 5.20. The maximum atomic E-state index is 6.03. The molecule has 2 fully saturated rings. The Hall–Kier alpha value is -1.68. The van der Waals surface area contributed by atoms with Crippen molar-refractivity contribution < 1.29 is 4.74 Å². The number of nitrogens with zero attached hydrogens (tertiary/aromatic N) is 2. The van der Waals surface area contributed by atoms with E-state index in [0.717, 1.165) is 26.2 Å². The van der Waals surface area contributed by atoms with E-state index in [1.807, 2.05) is 0 Å². The third kappa shape index (κ3) is 3.18. The van der Waals surface area contributed by atoms with Gasteiger partial charge in [-0.25, -0.2) is 10.0 Å². The van der Waals surface area contributed by atoms with E-state index < -0.39 is 0 Å². The lowest BCUT2D eigenvalue weighted by Crippen LogP contribution is -2.49. The van der Waals surface area contributed by atoms with Gasteiger partial charge in [-0.05, 0) is 24.0 Å². The minimum atomic E-state index is 0.182. The molecule has 120 valence electrons. The van der Waals surface area contributed by atoms with Crippen LogP contribution in [-0.2, 0) is 4.74 Å². The van der Waals surface area contributed by atoms with Crippen molar-refractivity contribution in [2.75, 3.05) is 26.2 Å². The van der Waals surface area contributed by atoms with E-state index >= 15 is 0 Å². The Bertz CT molecular complexity index is 616. The van der Waals surface area contributed by atoms with Gasteiger partial charge in [-0.15, -0.1) is 0 Å². The molecule has 2 aliphatic rings. The van der Waals surface area contributed by atoms with E-state index in [1.54, 1.807) is 0 Å². The lowest BCUT2D eigenvalue weighted by Gasteiger charge is -2.41. The van der Waals surface area contributed by atoms with Gasteiger partial charge in [-0.1, -0.05) is 60.7 Å². The van der Waals surface area contributed by atoms with Crippen LogP contribution in [0.1, 0.15) is 36.1 Å². The van der Waals surface area contributed by atoms with Crippen molar-refractivity contribution in [3.8, 4) is 0 Å². The molecule has 0 radical (unpaired) electrons. The molecule has 3 heteroatoms. The van der Waals surface area contributed by atoms with Crippen molar-refractivity contribution in [1.82, 2.24) is 10.0 Å². The van der Waals surface area contributed by atoms with Crippen molar-refractivity contribution in [1.29, 1.82) is 0 Å². The minimum absolute atomic E-state index is 0.182. The molecule has 2 aromatic rings. The zero-order chi connectivity index (χ0) is 15.5. The lowest BCUT2D eigenvalue weighted by molar-refractivity contribution is -0.131.